The number of benzene rings is 1. The highest BCUT2D eigenvalue weighted by atomic mass is 19.4. The lowest BCUT2D eigenvalue weighted by Gasteiger charge is -2.10. The molecule has 3 amide bonds. The van der Waals surface area contributed by atoms with Crippen molar-refractivity contribution in [3.63, 3.8) is 0 Å². The van der Waals surface area contributed by atoms with Gasteiger partial charge in [-0.2, -0.15) is 13.2 Å². The van der Waals surface area contributed by atoms with Crippen LogP contribution in [0.4, 0.5) is 18.0 Å². The zero-order valence-electron chi connectivity index (χ0n) is 14.5. The molecule has 10 heteroatoms. The molecule has 0 aliphatic heterocycles. The first kappa shape index (κ1) is 19.2. The van der Waals surface area contributed by atoms with Crippen molar-refractivity contribution in [1.29, 1.82) is 0 Å². The van der Waals surface area contributed by atoms with Crippen LogP contribution in [0.3, 0.4) is 0 Å². The molecule has 2 aromatic heterocycles. The molecule has 3 N–H and O–H groups in total. The number of carbonyl (C=O) groups excluding carboxylic acids is 2. The van der Waals surface area contributed by atoms with E-state index in [4.69, 9.17) is 0 Å². The second kappa shape index (κ2) is 7.99. The standard InChI is InChI=1S/C18H16F3N5O2/c19-18(20,21)13-5-3-4-12(10-13)16(27)24-25-17(28)22-8-7-14-11-26-9-2-1-6-15(26)23-14/h1-6,9-11H,7-8H2,(H,24,27)(H2,22,25,28). The Hall–Kier alpha value is -3.56. The van der Waals surface area contributed by atoms with Crippen LogP contribution in [0.5, 0.6) is 0 Å². The lowest BCUT2D eigenvalue weighted by molar-refractivity contribution is -0.137. The van der Waals surface area contributed by atoms with Crippen molar-refractivity contribution in [2.45, 2.75) is 12.6 Å². The number of imidazole rings is 1. The van der Waals surface area contributed by atoms with Gasteiger partial charge in [0.2, 0.25) is 0 Å². The molecule has 3 rings (SSSR count). The van der Waals surface area contributed by atoms with E-state index in [0.29, 0.717) is 12.5 Å². The number of hydrogen-bond donors (Lipinski definition) is 3. The summed E-state index contributed by atoms with van der Waals surface area (Å²) in [5, 5.41) is 2.52. The molecule has 0 aliphatic rings. The largest absolute Gasteiger partial charge is 0.416 e. The number of hydrogen-bond acceptors (Lipinski definition) is 3. The van der Waals surface area contributed by atoms with Crippen LogP contribution >= 0.6 is 0 Å². The lowest BCUT2D eigenvalue weighted by Crippen LogP contribution is -2.47. The molecule has 3 aromatic rings. The van der Waals surface area contributed by atoms with Gasteiger partial charge in [0.05, 0.1) is 11.3 Å². The highest BCUT2D eigenvalue weighted by Crippen LogP contribution is 2.29. The van der Waals surface area contributed by atoms with E-state index in [1.54, 1.807) is 0 Å². The van der Waals surface area contributed by atoms with Gasteiger partial charge in [0, 0.05) is 30.9 Å². The van der Waals surface area contributed by atoms with E-state index < -0.39 is 23.7 Å². The van der Waals surface area contributed by atoms with Crippen molar-refractivity contribution < 1.29 is 22.8 Å². The molecule has 0 atom stereocenters. The van der Waals surface area contributed by atoms with Crippen LogP contribution in [-0.2, 0) is 12.6 Å². The number of carbonyl (C=O) groups is 2. The minimum Gasteiger partial charge on any atom is -0.336 e. The summed E-state index contributed by atoms with van der Waals surface area (Å²) in [6, 6.07) is 8.80. The van der Waals surface area contributed by atoms with Crippen molar-refractivity contribution in [2.75, 3.05) is 6.54 Å². The SMILES string of the molecule is O=C(NCCc1cn2ccccc2n1)NNC(=O)c1cccc(C(F)(F)F)c1. The predicted octanol–water partition coefficient (Wildman–Crippen LogP) is 2.54. The van der Waals surface area contributed by atoms with Crippen molar-refractivity contribution >= 4 is 17.6 Å². The number of rotatable bonds is 4. The van der Waals surface area contributed by atoms with E-state index in [1.165, 1.54) is 6.07 Å². The highest BCUT2D eigenvalue weighted by molar-refractivity contribution is 5.95. The van der Waals surface area contributed by atoms with Crippen molar-refractivity contribution in [2.24, 2.45) is 0 Å². The Balaban J connectivity index is 1.45. The van der Waals surface area contributed by atoms with Crippen LogP contribution < -0.4 is 16.2 Å². The van der Waals surface area contributed by atoms with Gasteiger partial charge in [0.15, 0.2) is 0 Å². The number of halogens is 3. The van der Waals surface area contributed by atoms with Crippen molar-refractivity contribution in [3.05, 3.63) is 71.7 Å². The zero-order chi connectivity index (χ0) is 20.1. The Morgan fingerprint density at radius 1 is 1.07 bits per heavy atom. The molecule has 0 bridgehead atoms. The third-order valence-corrected chi connectivity index (χ3v) is 3.82. The number of fused-ring (bicyclic) bond motifs is 1. The fraction of sp³-hybridized carbons (Fsp3) is 0.167. The molecule has 0 saturated carbocycles. The van der Waals surface area contributed by atoms with Crippen LogP contribution in [-0.4, -0.2) is 27.9 Å². The minimum absolute atomic E-state index is 0.222. The molecule has 0 spiro atoms. The maximum Gasteiger partial charge on any atom is 0.416 e. The molecule has 28 heavy (non-hydrogen) atoms. The van der Waals surface area contributed by atoms with Gasteiger partial charge in [0.25, 0.3) is 5.91 Å². The molecule has 0 fully saturated rings. The molecule has 0 aliphatic carbocycles. The van der Waals surface area contributed by atoms with Gasteiger partial charge in [-0.05, 0) is 30.3 Å². The average Bonchev–Trinajstić information content (AvgIpc) is 3.08. The van der Waals surface area contributed by atoms with E-state index >= 15 is 0 Å². The number of urea groups is 1. The smallest absolute Gasteiger partial charge is 0.336 e. The van der Waals surface area contributed by atoms with Gasteiger partial charge in [-0.15, -0.1) is 0 Å². The monoisotopic (exact) mass is 391 g/mol. The molecular formula is C18H16F3N5O2. The first-order valence-corrected chi connectivity index (χ1v) is 8.27. The third-order valence-electron chi connectivity index (χ3n) is 3.82. The van der Waals surface area contributed by atoms with E-state index in [9.17, 15) is 22.8 Å². The Morgan fingerprint density at radius 2 is 1.89 bits per heavy atom. The number of nitrogens with zero attached hydrogens (tertiary/aromatic N) is 2. The highest BCUT2D eigenvalue weighted by Gasteiger charge is 2.30. The van der Waals surface area contributed by atoms with Crippen LogP contribution in [0.2, 0.25) is 0 Å². The quantitative estimate of drug-likeness (QED) is 0.598. The summed E-state index contributed by atoms with van der Waals surface area (Å²) in [6.07, 6.45) is -0.394. The van der Waals surface area contributed by atoms with Crippen LogP contribution in [0.15, 0.2) is 54.9 Å². The first-order valence-electron chi connectivity index (χ1n) is 8.27. The molecule has 146 valence electrons. The average molecular weight is 391 g/mol. The second-order valence-electron chi connectivity index (χ2n) is 5.86. The zero-order valence-corrected chi connectivity index (χ0v) is 14.5. The summed E-state index contributed by atoms with van der Waals surface area (Å²) in [5.41, 5.74) is 4.55. The number of aromatic nitrogens is 2. The number of alkyl halides is 3. The molecule has 7 nitrogen and oxygen atoms in total. The summed E-state index contributed by atoms with van der Waals surface area (Å²) < 4.78 is 39.9. The maximum atomic E-state index is 12.7. The summed E-state index contributed by atoms with van der Waals surface area (Å²) in [6.45, 7) is 0.259. The van der Waals surface area contributed by atoms with Gasteiger partial charge >= 0.3 is 12.2 Å². The van der Waals surface area contributed by atoms with Crippen LogP contribution in [0.25, 0.3) is 5.65 Å². The van der Waals surface area contributed by atoms with Gasteiger partial charge < -0.3 is 9.72 Å². The normalized spacial score (nSPS) is 11.2. The first-order chi connectivity index (χ1) is 13.3. The lowest BCUT2D eigenvalue weighted by atomic mass is 10.1. The topological polar surface area (TPSA) is 87.5 Å². The van der Waals surface area contributed by atoms with Crippen LogP contribution in [0, 0.1) is 0 Å². The summed E-state index contributed by atoms with van der Waals surface area (Å²) >= 11 is 0. The summed E-state index contributed by atoms with van der Waals surface area (Å²) in [4.78, 5) is 28.0. The number of hydrazine groups is 1. The fourth-order valence-corrected chi connectivity index (χ4v) is 2.48. The maximum absolute atomic E-state index is 12.7. The Labute approximate surface area is 157 Å². The van der Waals surface area contributed by atoms with Crippen LogP contribution in [0.1, 0.15) is 21.6 Å². The molecule has 0 unspecified atom stereocenters. The van der Waals surface area contributed by atoms with E-state index in [1.807, 2.05) is 35.0 Å². The van der Waals surface area contributed by atoms with Gasteiger partial charge in [-0.3, -0.25) is 10.2 Å². The van der Waals surface area contributed by atoms with Crippen molar-refractivity contribution in [1.82, 2.24) is 25.6 Å². The number of pyridine rings is 1. The Bertz CT molecular complexity index is 967. The van der Waals surface area contributed by atoms with Gasteiger partial charge in [-0.25, -0.2) is 15.2 Å². The van der Waals surface area contributed by atoms with E-state index in [2.05, 4.69) is 21.2 Å². The van der Waals surface area contributed by atoms with E-state index in [-0.39, 0.29) is 12.1 Å². The minimum atomic E-state index is -4.56. The van der Waals surface area contributed by atoms with E-state index in [0.717, 1.165) is 23.5 Å². The predicted molar refractivity (Wildman–Crippen MR) is 94.3 cm³/mol. The number of nitrogens with one attached hydrogen (secondary N) is 3. The third kappa shape index (κ3) is 4.78. The molecule has 2 heterocycles. The summed E-state index contributed by atoms with van der Waals surface area (Å²) in [5.74, 6) is -0.860. The van der Waals surface area contributed by atoms with Gasteiger partial charge in [-0.1, -0.05) is 12.1 Å². The molecule has 0 radical (unpaired) electrons. The van der Waals surface area contributed by atoms with Gasteiger partial charge in [0.1, 0.15) is 5.65 Å². The fourth-order valence-electron chi connectivity index (χ4n) is 2.48. The Morgan fingerprint density at radius 3 is 2.64 bits per heavy atom. The van der Waals surface area contributed by atoms with Crippen molar-refractivity contribution in [3.8, 4) is 0 Å². The summed E-state index contributed by atoms with van der Waals surface area (Å²) in [7, 11) is 0. The molecular weight excluding hydrogens is 375 g/mol. The molecule has 0 saturated heterocycles. The Kier molecular flexibility index (Phi) is 5.48. The second-order valence-corrected chi connectivity index (χ2v) is 5.86. The number of amides is 3. The molecule has 1 aromatic carbocycles.